The highest BCUT2D eigenvalue weighted by Gasteiger charge is 2.39. The summed E-state index contributed by atoms with van der Waals surface area (Å²) in [5, 5.41) is 5.59. The van der Waals surface area contributed by atoms with Crippen molar-refractivity contribution < 1.29 is 19.2 Å². The quantitative estimate of drug-likeness (QED) is 0.740. The van der Waals surface area contributed by atoms with E-state index in [0.717, 1.165) is 16.9 Å². The number of fused-ring (bicyclic) bond motifs is 2. The van der Waals surface area contributed by atoms with Gasteiger partial charge >= 0.3 is 0 Å². The van der Waals surface area contributed by atoms with Gasteiger partial charge in [-0.1, -0.05) is 12.1 Å². The van der Waals surface area contributed by atoms with Gasteiger partial charge in [0, 0.05) is 37.2 Å². The van der Waals surface area contributed by atoms with Gasteiger partial charge in [-0.3, -0.25) is 24.5 Å². The zero-order valence-corrected chi connectivity index (χ0v) is 16.2. The van der Waals surface area contributed by atoms with E-state index in [1.165, 1.54) is 4.90 Å². The average molecular weight is 404 g/mol. The van der Waals surface area contributed by atoms with Gasteiger partial charge in [-0.05, 0) is 42.3 Å². The van der Waals surface area contributed by atoms with E-state index in [2.05, 4.69) is 10.6 Å². The molecule has 2 aromatic carbocycles. The Bertz CT molecular complexity index is 1100. The SMILES string of the molecule is O=C1CCC(N2Cc3cc(C(=O)N4CCNc5ccccc54)ccc3C2=O)C(=O)N1. The molecule has 1 atom stereocenters. The third-order valence-corrected chi connectivity index (χ3v) is 5.86. The number of para-hydroxylation sites is 2. The Morgan fingerprint density at radius 2 is 1.90 bits per heavy atom. The van der Waals surface area contributed by atoms with E-state index in [9.17, 15) is 19.2 Å². The fraction of sp³-hybridized carbons (Fsp3) is 0.273. The molecule has 0 radical (unpaired) electrons. The van der Waals surface area contributed by atoms with Crippen molar-refractivity contribution in [2.75, 3.05) is 23.3 Å². The van der Waals surface area contributed by atoms with Crippen LogP contribution in [-0.4, -0.2) is 47.7 Å². The largest absolute Gasteiger partial charge is 0.382 e. The standard InChI is InChI=1S/C22H20N4O4/c27-19-8-7-18(20(28)24-19)26-12-14-11-13(5-6-15(14)22(26)30)21(29)25-10-9-23-16-3-1-2-4-17(16)25/h1-6,11,18,23H,7-10,12H2,(H,24,27,28). The molecule has 4 amide bonds. The van der Waals surface area contributed by atoms with Gasteiger partial charge in [0.2, 0.25) is 11.8 Å². The van der Waals surface area contributed by atoms with Crippen molar-refractivity contribution in [3.63, 3.8) is 0 Å². The zero-order chi connectivity index (χ0) is 20.8. The van der Waals surface area contributed by atoms with Gasteiger partial charge < -0.3 is 15.1 Å². The molecule has 30 heavy (non-hydrogen) atoms. The van der Waals surface area contributed by atoms with Crippen molar-refractivity contribution in [2.24, 2.45) is 0 Å². The molecule has 1 fully saturated rings. The van der Waals surface area contributed by atoms with Crippen molar-refractivity contribution >= 4 is 35.0 Å². The highest BCUT2D eigenvalue weighted by molar-refractivity contribution is 6.10. The highest BCUT2D eigenvalue weighted by Crippen LogP contribution is 2.32. The van der Waals surface area contributed by atoms with Crippen LogP contribution >= 0.6 is 0 Å². The van der Waals surface area contributed by atoms with Crippen LogP contribution in [0.5, 0.6) is 0 Å². The molecular weight excluding hydrogens is 384 g/mol. The van der Waals surface area contributed by atoms with Crippen LogP contribution in [0.25, 0.3) is 0 Å². The summed E-state index contributed by atoms with van der Waals surface area (Å²) in [4.78, 5) is 52.9. The number of carbonyl (C=O) groups excluding carboxylic acids is 4. The monoisotopic (exact) mass is 404 g/mol. The van der Waals surface area contributed by atoms with Crippen molar-refractivity contribution in [1.82, 2.24) is 10.2 Å². The molecule has 152 valence electrons. The lowest BCUT2D eigenvalue weighted by Gasteiger charge is -2.30. The van der Waals surface area contributed by atoms with Crippen LogP contribution in [0.2, 0.25) is 0 Å². The number of nitrogens with zero attached hydrogens (tertiary/aromatic N) is 2. The Balaban J connectivity index is 1.41. The summed E-state index contributed by atoms with van der Waals surface area (Å²) in [5.41, 5.74) is 3.47. The predicted octanol–water partition coefficient (Wildman–Crippen LogP) is 1.52. The van der Waals surface area contributed by atoms with Crippen LogP contribution in [0.4, 0.5) is 11.4 Å². The number of hydrogen-bond donors (Lipinski definition) is 2. The van der Waals surface area contributed by atoms with E-state index >= 15 is 0 Å². The lowest BCUT2D eigenvalue weighted by Crippen LogP contribution is -2.52. The van der Waals surface area contributed by atoms with Gasteiger partial charge in [0.1, 0.15) is 6.04 Å². The molecule has 1 unspecified atom stereocenters. The Kier molecular flexibility index (Phi) is 4.27. The summed E-state index contributed by atoms with van der Waals surface area (Å²) in [6.07, 6.45) is 0.524. The molecule has 8 heteroatoms. The maximum absolute atomic E-state index is 13.2. The van der Waals surface area contributed by atoms with Crippen molar-refractivity contribution in [3.05, 3.63) is 59.2 Å². The summed E-state index contributed by atoms with van der Waals surface area (Å²) >= 11 is 0. The number of amides is 4. The maximum Gasteiger partial charge on any atom is 0.258 e. The zero-order valence-electron chi connectivity index (χ0n) is 16.2. The molecule has 3 aliphatic rings. The van der Waals surface area contributed by atoms with Crippen LogP contribution in [-0.2, 0) is 16.1 Å². The predicted molar refractivity (Wildman–Crippen MR) is 109 cm³/mol. The van der Waals surface area contributed by atoms with Crippen LogP contribution in [0.3, 0.4) is 0 Å². The molecule has 3 aliphatic heterocycles. The van der Waals surface area contributed by atoms with Crippen molar-refractivity contribution in [3.8, 4) is 0 Å². The van der Waals surface area contributed by atoms with Crippen LogP contribution in [0, 0.1) is 0 Å². The van der Waals surface area contributed by atoms with Gasteiger partial charge in [-0.15, -0.1) is 0 Å². The Labute approximate surface area is 172 Å². The second-order valence-corrected chi connectivity index (χ2v) is 7.67. The molecule has 1 saturated heterocycles. The lowest BCUT2D eigenvalue weighted by molar-refractivity contribution is -0.136. The van der Waals surface area contributed by atoms with E-state index in [-0.39, 0.29) is 30.7 Å². The molecular formula is C22H20N4O4. The summed E-state index contributed by atoms with van der Waals surface area (Å²) < 4.78 is 0. The first kappa shape index (κ1) is 18.4. The number of nitrogens with one attached hydrogen (secondary N) is 2. The van der Waals surface area contributed by atoms with Crippen LogP contribution < -0.4 is 15.5 Å². The number of benzene rings is 2. The molecule has 0 spiro atoms. The second-order valence-electron chi connectivity index (χ2n) is 7.67. The van der Waals surface area contributed by atoms with Gasteiger partial charge in [-0.2, -0.15) is 0 Å². The minimum absolute atomic E-state index is 0.126. The molecule has 0 aliphatic carbocycles. The fourth-order valence-electron chi connectivity index (χ4n) is 4.36. The topological polar surface area (TPSA) is 98.8 Å². The number of anilines is 2. The van der Waals surface area contributed by atoms with E-state index < -0.39 is 11.9 Å². The van der Waals surface area contributed by atoms with Gasteiger partial charge in [0.05, 0.1) is 11.4 Å². The summed E-state index contributed by atoms with van der Waals surface area (Å²) in [7, 11) is 0. The number of hydrogen-bond acceptors (Lipinski definition) is 5. The average Bonchev–Trinajstić information content (AvgIpc) is 3.08. The number of piperidine rings is 1. The Morgan fingerprint density at radius 1 is 1.07 bits per heavy atom. The van der Waals surface area contributed by atoms with Crippen molar-refractivity contribution in [1.29, 1.82) is 0 Å². The molecule has 2 aromatic rings. The van der Waals surface area contributed by atoms with Crippen LogP contribution in [0.1, 0.15) is 39.1 Å². The summed E-state index contributed by atoms with van der Waals surface area (Å²) in [6, 6.07) is 12.1. The smallest absolute Gasteiger partial charge is 0.258 e. The van der Waals surface area contributed by atoms with E-state index in [1.54, 1.807) is 23.1 Å². The van der Waals surface area contributed by atoms with Gasteiger partial charge in [0.25, 0.3) is 11.8 Å². The Hall–Kier alpha value is -3.68. The number of carbonyl (C=O) groups is 4. The van der Waals surface area contributed by atoms with Gasteiger partial charge in [0.15, 0.2) is 0 Å². The molecule has 0 bridgehead atoms. The summed E-state index contributed by atoms with van der Waals surface area (Å²) in [5.74, 6) is -1.13. The normalized spacial score (nSPS) is 20.4. The molecule has 5 rings (SSSR count). The molecule has 2 N–H and O–H groups in total. The van der Waals surface area contributed by atoms with E-state index in [1.807, 2.05) is 24.3 Å². The molecule has 0 saturated carbocycles. The number of imide groups is 1. The number of rotatable bonds is 2. The highest BCUT2D eigenvalue weighted by atomic mass is 16.2. The van der Waals surface area contributed by atoms with Gasteiger partial charge in [-0.25, -0.2) is 0 Å². The lowest BCUT2D eigenvalue weighted by atomic mass is 10.0. The first-order valence-corrected chi connectivity index (χ1v) is 9.95. The first-order chi connectivity index (χ1) is 14.5. The third-order valence-electron chi connectivity index (χ3n) is 5.86. The summed E-state index contributed by atoms with van der Waals surface area (Å²) in [6.45, 7) is 1.46. The minimum atomic E-state index is -0.665. The molecule has 3 heterocycles. The van der Waals surface area contributed by atoms with E-state index in [4.69, 9.17) is 0 Å². The first-order valence-electron chi connectivity index (χ1n) is 9.95. The van der Waals surface area contributed by atoms with E-state index in [0.29, 0.717) is 30.6 Å². The second kappa shape index (κ2) is 6.98. The molecule has 8 nitrogen and oxygen atoms in total. The maximum atomic E-state index is 13.2. The van der Waals surface area contributed by atoms with Crippen molar-refractivity contribution in [2.45, 2.75) is 25.4 Å². The fourth-order valence-corrected chi connectivity index (χ4v) is 4.36. The van der Waals surface area contributed by atoms with Crippen LogP contribution in [0.15, 0.2) is 42.5 Å². The Morgan fingerprint density at radius 3 is 2.73 bits per heavy atom. The minimum Gasteiger partial charge on any atom is -0.382 e. The third kappa shape index (κ3) is 2.92. The molecule has 0 aromatic heterocycles.